The first kappa shape index (κ1) is 20.9. The first-order valence-corrected chi connectivity index (χ1v) is 7.33. The SMILES string of the molecule is Cl.O=C(NCC1CCN(C(=O)C(F)(F)F)CC1)C1CC(F)(F)CN1. The second-order valence-electron chi connectivity index (χ2n) is 5.97. The molecule has 0 radical (unpaired) electrons. The number of amides is 2. The Kier molecular flexibility index (Phi) is 6.80. The Hall–Kier alpha value is -1.16. The van der Waals surface area contributed by atoms with Crippen molar-refractivity contribution >= 4 is 24.2 Å². The second kappa shape index (κ2) is 7.81. The second-order valence-corrected chi connectivity index (χ2v) is 5.97. The average molecular weight is 380 g/mol. The van der Waals surface area contributed by atoms with E-state index in [2.05, 4.69) is 10.6 Å². The van der Waals surface area contributed by atoms with Gasteiger partial charge < -0.3 is 10.2 Å². The highest BCUT2D eigenvalue weighted by Gasteiger charge is 2.44. The molecule has 2 aliphatic rings. The van der Waals surface area contributed by atoms with E-state index in [-0.39, 0.29) is 38.0 Å². The van der Waals surface area contributed by atoms with E-state index in [1.807, 2.05) is 0 Å². The summed E-state index contributed by atoms with van der Waals surface area (Å²) >= 11 is 0. The van der Waals surface area contributed by atoms with Gasteiger partial charge in [0, 0.05) is 26.1 Å². The number of likely N-dealkylation sites (tertiary alicyclic amines) is 1. The number of halogens is 6. The van der Waals surface area contributed by atoms with Crippen molar-refractivity contribution in [2.24, 2.45) is 5.92 Å². The Bertz CT molecular complexity index is 467. The minimum absolute atomic E-state index is 0. The lowest BCUT2D eigenvalue weighted by Gasteiger charge is -2.32. The maximum absolute atomic E-state index is 13.0. The van der Waals surface area contributed by atoms with Crippen LogP contribution in [-0.2, 0) is 9.59 Å². The minimum atomic E-state index is -4.87. The van der Waals surface area contributed by atoms with E-state index in [0.717, 1.165) is 4.90 Å². The quantitative estimate of drug-likeness (QED) is 0.727. The van der Waals surface area contributed by atoms with Crippen LogP contribution in [0, 0.1) is 5.92 Å². The van der Waals surface area contributed by atoms with Crippen LogP contribution in [0.25, 0.3) is 0 Å². The first-order valence-electron chi connectivity index (χ1n) is 7.33. The monoisotopic (exact) mass is 379 g/mol. The van der Waals surface area contributed by atoms with Crippen molar-refractivity contribution in [3.8, 4) is 0 Å². The van der Waals surface area contributed by atoms with Crippen LogP contribution in [0.1, 0.15) is 19.3 Å². The Morgan fingerprint density at radius 2 is 1.79 bits per heavy atom. The summed E-state index contributed by atoms with van der Waals surface area (Å²) in [4.78, 5) is 23.6. The number of nitrogens with zero attached hydrogens (tertiary/aromatic N) is 1. The molecule has 2 aliphatic heterocycles. The topological polar surface area (TPSA) is 61.4 Å². The lowest BCUT2D eigenvalue weighted by atomic mass is 9.96. The molecule has 0 aromatic rings. The summed E-state index contributed by atoms with van der Waals surface area (Å²) < 4.78 is 62.9. The smallest absolute Gasteiger partial charge is 0.354 e. The number of nitrogens with one attached hydrogen (secondary N) is 2. The number of carbonyl (C=O) groups excluding carboxylic acids is 2. The van der Waals surface area contributed by atoms with Gasteiger partial charge in [-0.1, -0.05) is 0 Å². The van der Waals surface area contributed by atoms with Gasteiger partial charge in [-0.25, -0.2) is 8.78 Å². The van der Waals surface area contributed by atoms with Gasteiger partial charge in [0.15, 0.2) is 0 Å². The van der Waals surface area contributed by atoms with E-state index in [9.17, 15) is 31.5 Å². The largest absolute Gasteiger partial charge is 0.471 e. The van der Waals surface area contributed by atoms with Crippen LogP contribution < -0.4 is 10.6 Å². The molecule has 24 heavy (non-hydrogen) atoms. The van der Waals surface area contributed by atoms with Gasteiger partial charge >= 0.3 is 12.1 Å². The van der Waals surface area contributed by atoms with Gasteiger partial charge in [-0.05, 0) is 18.8 Å². The number of piperidine rings is 1. The van der Waals surface area contributed by atoms with Gasteiger partial charge in [0.05, 0.1) is 12.6 Å². The number of hydrogen-bond acceptors (Lipinski definition) is 3. The molecule has 0 spiro atoms. The van der Waals surface area contributed by atoms with Crippen molar-refractivity contribution in [2.45, 2.75) is 37.4 Å². The number of hydrogen-bond donors (Lipinski definition) is 2. The molecule has 1 atom stereocenters. The van der Waals surface area contributed by atoms with Crippen molar-refractivity contribution in [2.75, 3.05) is 26.2 Å². The number of rotatable bonds is 3. The van der Waals surface area contributed by atoms with Crippen molar-refractivity contribution in [3.05, 3.63) is 0 Å². The van der Waals surface area contributed by atoms with Gasteiger partial charge in [0.25, 0.3) is 5.92 Å². The van der Waals surface area contributed by atoms with E-state index < -0.39 is 42.9 Å². The normalized spacial score (nSPS) is 24.4. The third kappa shape index (κ3) is 5.44. The molecular formula is C13H19ClF5N3O2. The van der Waals surface area contributed by atoms with E-state index >= 15 is 0 Å². The maximum atomic E-state index is 13.0. The number of alkyl halides is 5. The summed E-state index contributed by atoms with van der Waals surface area (Å²) in [5, 5.41) is 4.98. The number of carbonyl (C=O) groups is 2. The lowest BCUT2D eigenvalue weighted by molar-refractivity contribution is -0.186. The van der Waals surface area contributed by atoms with Crippen LogP contribution in [0.2, 0.25) is 0 Å². The van der Waals surface area contributed by atoms with E-state index in [1.54, 1.807) is 0 Å². The van der Waals surface area contributed by atoms with Crippen molar-refractivity contribution in [1.29, 1.82) is 0 Å². The molecule has 11 heteroatoms. The molecule has 2 rings (SSSR count). The van der Waals surface area contributed by atoms with Crippen molar-refractivity contribution in [3.63, 3.8) is 0 Å². The molecule has 1 unspecified atom stereocenters. The predicted molar refractivity (Wildman–Crippen MR) is 77.0 cm³/mol. The average Bonchev–Trinajstić information content (AvgIpc) is 2.84. The molecule has 0 aromatic carbocycles. The zero-order valence-electron chi connectivity index (χ0n) is 12.7. The fraction of sp³-hybridized carbons (Fsp3) is 0.846. The summed E-state index contributed by atoms with van der Waals surface area (Å²) in [6.45, 7) is -0.392. The fourth-order valence-corrected chi connectivity index (χ4v) is 2.79. The maximum Gasteiger partial charge on any atom is 0.471 e. The highest BCUT2D eigenvalue weighted by molar-refractivity contribution is 5.85. The molecule has 0 bridgehead atoms. The van der Waals surface area contributed by atoms with E-state index in [0.29, 0.717) is 12.8 Å². The molecule has 5 nitrogen and oxygen atoms in total. The standard InChI is InChI=1S/C13H18F5N3O2.ClH/c14-12(15)5-9(20-7-12)10(22)19-6-8-1-3-21(4-2-8)11(23)13(16,17)18;/h8-9,20H,1-7H2,(H,19,22);1H. The van der Waals surface area contributed by atoms with Crippen LogP contribution in [0.3, 0.4) is 0 Å². The zero-order valence-corrected chi connectivity index (χ0v) is 13.5. The summed E-state index contributed by atoms with van der Waals surface area (Å²) in [7, 11) is 0. The van der Waals surface area contributed by atoms with Gasteiger partial charge in [0.2, 0.25) is 5.91 Å². The molecule has 2 N–H and O–H groups in total. The highest BCUT2D eigenvalue weighted by atomic mass is 35.5. The third-order valence-electron chi connectivity index (χ3n) is 4.14. The predicted octanol–water partition coefficient (Wildman–Crippen LogP) is 1.32. The third-order valence-corrected chi connectivity index (χ3v) is 4.14. The van der Waals surface area contributed by atoms with E-state index in [4.69, 9.17) is 0 Å². The summed E-state index contributed by atoms with van der Waals surface area (Å²) in [6, 6.07) is -0.947. The minimum Gasteiger partial charge on any atom is -0.354 e. The first-order chi connectivity index (χ1) is 10.6. The summed E-state index contributed by atoms with van der Waals surface area (Å²) in [5.74, 6) is -5.35. The highest BCUT2D eigenvalue weighted by Crippen LogP contribution is 2.26. The molecule has 140 valence electrons. The van der Waals surface area contributed by atoms with Gasteiger partial charge in [-0.3, -0.25) is 14.9 Å². The Balaban J connectivity index is 0.00000288. The fourth-order valence-electron chi connectivity index (χ4n) is 2.79. The van der Waals surface area contributed by atoms with Gasteiger partial charge in [0.1, 0.15) is 0 Å². The lowest BCUT2D eigenvalue weighted by Crippen LogP contribution is -2.48. The zero-order chi connectivity index (χ0) is 17.3. The van der Waals surface area contributed by atoms with Gasteiger partial charge in [-0.15, -0.1) is 12.4 Å². The van der Waals surface area contributed by atoms with Crippen LogP contribution in [0.4, 0.5) is 22.0 Å². The molecule has 2 saturated heterocycles. The van der Waals surface area contributed by atoms with Crippen molar-refractivity contribution < 1.29 is 31.5 Å². The molecule has 2 fully saturated rings. The molecular weight excluding hydrogens is 361 g/mol. The molecule has 0 aliphatic carbocycles. The van der Waals surface area contributed by atoms with Crippen LogP contribution in [0.15, 0.2) is 0 Å². The Morgan fingerprint density at radius 3 is 2.25 bits per heavy atom. The van der Waals surface area contributed by atoms with E-state index in [1.165, 1.54) is 0 Å². The van der Waals surface area contributed by atoms with Crippen LogP contribution in [0.5, 0.6) is 0 Å². The molecule has 0 aromatic heterocycles. The van der Waals surface area contributed by atoms with Crippen molar-refractivity contribution in [1.82, 2.24) is 15.5 Å². The molecule has 2 amide bonds. The Morgan fingerprint density at radius 1 is 1.21 bits per heavy atom. The summed E-state index contributed by atoms with van der Waals surface area (Å²) in [6.07, 6.45) is -4.77. The molecule has 2 heterocycles. The van der Waals surface area contributed by atoms with Gasteiger partial charge in [-0.2, -0.15) is 13.2 Å². The Labute approximate surface area is 141 Å². The van der Waals surface area contributed by atoms with Crippen LogP contribution >= 0.6 is 12.4 Å². The summed E-state index contributed by atoms with van der Waals surface area (Å²) in [5.41, 5.74) is 0. The van der Waals surface area contributed by atoms with Crippen LogP contribution in [-0.4, -0.2) is 61.0 Å². The molecule has 0 saturated carbocycles.